The molecule has 2 N–H and O–H groups in total. The van der Waals surface area contributed by atoms with E-state index in [1.807, 2.05) is 0 Å². The molecule has 1 amide bonds. The summed E-state index contributed by atoms with van der Waals surface area (Å²) in [4.78, 5) is 23.5. The van der Waals surface area contributed by atoms with E-state index in [2.05, 4.69) is 26.1 Å². The van der Waals surface area contributed by atoms with Gasteiger partial charge in [-0.15, -0.1) is 0 Å². The molecule has 0 aromatic carbocycles. The molecule has 2 aliphatic rings. The summed E-state index contributed by atoms with van der Waals surface area (Å²) in [5.74, 6) is 0.712. The van der Waals surface area contributed by atoms with Crippen LogP contribution in [0.1, 0.15) is 59.3 Å². The lowest BCUT2D eigenvalue weighted by molar-refractivity contribution is -0.141. The van der Waals surface area contributed by atoms with Crippen LogP contribution in [-0.2, 0) is 9.59 Å². The van der Waals surface area contributed by atoms with Crippen molar-refractivity contribution in [3.8, 4) is 0 Å². The summed E-state index contributed by atoms with van der Waals surface area (Å²) in [6, 6.07) is 0.269. The Hall–Kier alpha value is -1.06. The second-order valence-corrected chi connectivity index (χ2v) is 7.49. The smallest absolute Gasteiger partial charge is 0.306 e. The highest BCUT2D eigenvalue weighted by Crippen LogP contribution is 2.35. The molecule has 4 nitrogen and oxygen atoms in total. The monoisotopic (exact) mass is 295 g/mol. The fraction of sp³-hybridized carbons (Fsp3) is 0.882. The van der Waals surface area contributed by atoms with Gasteiger partial charge in [0.05, 0.1) is 5.92 Å². The number of carbonyl (C=O) groups is 2. The van der Waals surface area contributed by atoms with Crippen molar-refractivity contribution in [2.75, 3.05) is 0 Å². The molecule has 2 saturated carbocycles. The Bertz CT molecular complexity index is 393. The standard InChI is InChI=1S/C17H29NO3/c1-10(2)14-7-4-11(3)8-15(14)18-16(19)12-5-6-13(9-12)17(20)21/h10-15H,4-9H2,1-3H3,(H,18,19)(H,20,21)/t11?,12-,13+,14?,15?/m1/s1. The van der Waals surface area contributed by atoms with Gasteiger partial charge in [-0.1, -0.05) is 27.2 Å². The number of carbonyl (C=O) groups excluding carboxylic acids is 1. The molecular weight excluding hydrogens is 266 g/mol. The molecule has 5 atom stereocenters. The molecule has 0 aromatic rings. The van der Waals surface area contributed by atoms with Crippen molar-refractivity contribution in [3.63, 3.8) is 0 Å². The summed E-state index contributed by atoms with van der Waals surface area (Å²) in [7, 11) is 0. The Morgan fingerprint density at radius 2 is 1.71 bits per heavy atom. The Balaban J connectivity index is 1.92. The molecule has 0 saturated heterocycles. The van der Waals surface area contributed by atoms with Crippen LogP contribution in [0.2, 0.25) is 0 Å². The van der Waals surface area contributed by atoms with Crippen LogP contribution in [0.5, 0.6) is 0 Å². The van der Waals surface area contributed by atoms with E-state index in [0.717, 1.165) is 12.8 Å². The van der Waals surface area contributed by atoms with Crippen LogP contribution >= 0.6 is 0 Å². The van der Waals surface area contributed by atoms with E-state index >= 15 is 0 Å². The molecule has 120 valence electrons. The van der Waals surface area contributed by atoms with Crippen molar-refractivity contribution in [1.29, 1.82) is 0 Å². The van der Waals surface area contributed by atoms with Gasteiger partial charge in [-0.3, -0.25) is 9.59 Å². The molecule has 0 aliphatic heterocycles. The van der Waals surface area contributed by atoms with Gasteiger partial charge in [0.15, 0.2) is 0 Å². The molecule has 3 unspecified atom stereocenters. The summed E-state index contributed by atoms with van der Waals surface area (Å²) in [6.07, 6.45) is 5.37. The summed E-state index contributed by atoms with van der Waals surface area (Å²) in [5, 5.41) is 12.3. The quantitative estimate of drug-likeness (QED) is 0.837. The maximum atomic E-state index is 12.5. The van der Waals surface area contributed by atoms with Crippen molar-refractivity contribution >= 4 is 11.9 Å². The van der Waals surface area contributed by atoms with Crippen molar-refractivity contribution in [2.45, 2.75) is 65.3 Å². The molecule has 0 bridgehead atoms. The third-order valence-electron chi connectivity index (χ3n) is 5.50. The third kappa shape index (κ3) is 3.98. The lowest BCUT2D eigenvalue weighted by atomic mass is 9.74. The summed E-state index contributed by atoms with van der Waals surface area (Å²) >= 11 is 0. The van der Waals surface area contributed by atoms with Crippen LogP contribution in [0.3, 0.4) is 0 Å². The van der Waals surface area contributed by atoms with E-state index in [4.69, 9.17) is 5.11 Å². The summed E-state index contributed by atoms with van der Waals surface area (Å²) < 4.78 is 0. The molecule has 4 heteroatoms. The predicted molar refractivity (Wildman–Crippen MR) is 81.7 cm³/mol. The predicted octanol–water partition coefficient (Wildman–Crippen LogP) is 3.06. The van der Waals surface area contributed by atoms with Gasteiger partial charge in [0.2, 0.25) is 5.91 Å². The Morgan fingerprint density at radius 3 is 2.29 bits per heavy atom. The zero-order valence-electron chi connectivity index (χ0n) is 13.5. The molecule has 2 rings (SSSR count). The second kappa shape index (κ2) is 6.80. The lowest BCUT2D eigenvalue weighted by Crippen LogP contribution is -2.47. The first-order chi connectivity index (χ1) is 9.88. The summed E-state index contributed by atoms with van der Waals surface area (Å²) in [6.45, 7) is 6.72. The minimum absolute atomic E-state index is 0.0866. The SMILES string of the molecule is CC1CCC(C(C)C)C(NC(=O)[C@@H]2CC[C@H](C(=O)O)C2)C1. The summed E-state index contributed by atoms with van der Waals surface area (Å²) in [5.41, 5.74) is 0. The molecule has 2 aliphatic carbocycles. The van der Waals surface area contributed by atoms with E-state index < -0.39 is 5.97 Å². The highest BCUT2D eigenvalue weighted by atomic mass is 16.4. The van der Waals surface area contributed by atoms with Crippen molar-refractivity contribution in [3.05, 3.63) is 0 Å². The number of carboxylic acids is 1. The number of hydrogen-bond donors (Lipinski definition) is 2. The van der Waals surface area contributed by atoms with Gasteiger partial charge in [-0.25, -0.2) is 0 Å². The van der Waals surface area contributed by atoms with Crippen molar-refractivity contribution in [2.24, 2.45) is 29.6 Å². The van der Waals surface area contributed by atoms with E-state index in [9.17, 15) is 9.59 Å². The first kappa shape index (κ1) is 16.3. The minimum atomic E-state index is -0.753. The highest BCUT2D eigenvalue weighted by molar-refractivity contribution is 5.81. The fourth-order valence-electron chi connectivity index (χ4n) is 4.11. The number of carboxylic acid groups (broad SMARTS) is 1. The van der Waals surface area contributed by atoms with E-state index in [1.165, 1.54) is 12.8 Å². The highest BCUT2D eigenvalue weighted by Gasteiger charge is 2.37. The topological polar surface area (TPSA) is 66.4 Å². The third-order valence-corrected chi connectivity index (χ3v) is 5.50. The average molecular weight is 295 g/mol. The zero-order valence-corrected chi connectivity index (χ0v) is 13.5. The van der Waals surface area contributed by atoms with Gasteiger partial charge in [-0.2, -0.15) is 0 Å². The van der Waals surface area contributed by atoms with E-state index in [-0.39, 0.29) is 23.8 Å². The van der Waals surface area contributed by atoms with Crippen LogP contribution in [-0.4, -0.2) is 23.0 Å². The normalized spacial score (nSPS) is 36.7. The van der Waals surface area contributed by atoms with Gasteiger partial charge in [0, 0.05) is 12.0 Å². The van der Waals surface area contributed by atoms with Crippen LogP contribution in [0.25, 0.3) is 0 Å². The largest absolute Gasteiger partial charge is 0.481 e. The van der Waals surface area contributed by atoms with Gasteiger partial charge in [0.1, 0.15) is 0 Å². The zero-order chi connectivity index (χ0) is 15.6. The van der Waals surface area contributed by atoms with Gasteiger partial charge < -0.3 is 10.4 Å². The van der Waals surface area contributed by atoms with Gasteiger partial charge in [0.25, 0.3) is 0 Å². The van der Waals surface area contributed by atoms with Crippen LogP contribution in [0.15, 0.2) is 0 Å². The van der Waals surface area contributed by atoms with Crippen LogP contribution < -0.4 is 5.32 Å². The minimum Gasteiger partial charge on any atom is -0.481 e. The molecular formula is C17H29NO3. The first-order valence-electron chi connectivity index (χ1n) is 8.41. The van der Waals surface area contributed by atoms with E-state index in [1.54, 1.807) is 0 Å². The maximum Gasteiger partial charge on any atom is 0.306 e. The van der Waals surface area contributed by atoms with Gasteiger partial charge >= 0.3 is 5.97 Å². The molecule has 0 radical (unpaired) electrons. The second-order valence-electron chi connectivity index (χ2n) is 7.49. The Kier molecular flexibility index (Phi) is 5.28. The molecule has 0 heterocycles. The number of nitrogens with one attached hydrogen (secondary N) is 1. The molecule has 2 fully saturated rings. The maximum absolute atomic E-state index is 12.5. The first-order valence-corrected chi connectivity index (χ1v) is 8.41. The molecule has 21 heavy (non-hydrogen) atoms. The fourth-order valence-corrected chi connectivity index (χ4v) is 4.11. The van der Waals surface area contributed by atoms with Crippen LogP contribution in [0, 0.1) is 29.6 Å². The average Bonchev–Trinajstić information content (AvgIpc) is 2.88. The number of hydrogen-bond acceptors (Lipinski definition) is 2. The Labute approximate surface area is 127 Å². The van der Waals surface area contributed by atoms with Crippen molar-refractivity contribution in [1.82, 2.24) is 5.32 Å². The van der Waals surface area contributed by atoms with Gasteiger partial charge in [-0.05, 0) is 49.9 Å². The van der Waals surface area contributed by atoms with E-state index in [0.29, 0.717) is 30.6 Å². The number of amides is 1. The lowest BCUT2D eigenvalue weighted by Gasteiger charge is -2.38. The number of rotatable bonds is 4. The molecule has 0 aromatic heterocycles. The van der Waals surface area contributed by atoms with Crippen molar-refractivity contribution < 1.29 is 14.7 Å². The van der Waals surface area contributed by atoms with Crippen LogP contribution in [0.4, 0.5) is 0 Å². The molecule has 0 spiro atoms. The Morgan fingerprint density at radius 1 is 1.05 bits per heavy atom. The number of aliphatic carboxylic acids is 1.